The third kappa shape index (κ3) is 3.20. The number of hydrazone groups is 1. The first-order valence-electron chi connectivity index (χ1n) is 4.78. The summed E-state index contributed by atoms with van der Waals surface area (Å²) in [6.07, 6.45) is 0.501. The molecule has 0 aromatic heterocycles. The molecule has 0 radical (unpaired) electrons. The first-order valence-corrected chi connectivity index (χ1v) is 6.22. The molecule has 0 spiro atoms. The van der Waals surface area contributed by atoms with E-state index in [4.69, 9.17) is 9.84 Å². The molecule has 0 aliphatic heterocycles. The summed E-state index contributed by atoms with van der Waals surface area (Å²) in [5.41, 5.74) is 0. The Labute approximate surface area is 104 Å². The van der Waals surface area contributed by atoms with Crippen molar-refractivity contribution in [2.75, 3.05) is 14.2 Å². The van der Waals surface area contributed by atoms with Crippen molar-refractivity contribution in [1.82, 2.24) is 4.41 Å². The Morgan fingerprint density at radius 2 is 1.94 bits per heavy atom. The van der Waals surface area contributed by atoms with Gasteiger partial charge in [-0.2, -0.15) is 17.9 Å². The molecule has 8 heteroatoms. The molecular weight excluding hydrogens is 260 g/mol. The van der Waals surface area contributed by atoms with E-state index in [0.29, 0.717) is 16.4 Å². The molecule has 1 rings (SSSR count). The fourth-order valence-corrected chi connectivity index (χ4v) is 2.05. The number of methoxy groups -OCH3 is 1. The van der Waals surface area contributed by atoms with Crippen LogP contribution >= 0.6 is 0 Å². The predicted molar refractivity (Wildman–Crippen MR) is 64.1 cm³/mol. The highest BCUT2D eigenvalue weighted by atomic mass is 32.2. The Morgan fingerprint density at radius 1 is 1.39 bits per heavy atom. The number of aliphatic carboxylic acids is 1. The van der Waals surface area contributed by atoms with Gasteiger partial charge in [0.2, 0.25) is 0 Å². The Morgan fingerprint density at radius 3 is 2.39 bits per heavy atom. The molecule has 98 valence electrons. The molecule has 0 heterocycles. The van der Waals surface area contributed by atoms with Gasteiger partial charge in [-0.15, -0.1) is 0 Å². The fraction of sp³-hybridized carbons (Fsp3) is 0.200. The van der Waals surface area contributed by atoms with Crippen LogP contribution in [0.15, 0.2) is 34.3 Å². The van der Waals surface area contributed by atoms with Gasteiger partial charge in [-0.25, -0.2) is 4.79 Å². The number of sulfonamides is 1. The number of carbonyl (C=O) groups is 1. The van der Waals surface area contributed by atoms with Crippen LogP contribution in [0.2, 0.25) is 0 Å². The molecular formula is C10H12N2O5S. The lowest BCUT2D eigenvalue weighted by molar-refractivity contribution is -0.128. The molecule has 1 N–H and O–H groups in total. The minimum absolute atomic E-state index is 0.00617. The van der Waals surface area contributed by atoms with E-state index in [1.54, 1.807) is 0 Å². The van der Waals surface area contributed by atoms with Gasteiger partial charge >= 0.3 is 5.97 Å². The van der Waals surface area contributed by atoms with Crippen LogP contribution in [-0.4, -0.2) is 44.3 Å². The molecule has 0 saturated heterocycles. The van der Waals surface area contributed by atoms with E-state index in [-0.39, 0.29) is 4.90 Å². The molecule has 0 amide bonds. The van der Waals surface area contributed by atoms with Crippen LogP contribution < -0.4 is 4.74 Å². The standard InChI is InChI=1S/C10H12N2O5S/c1-12(11-7-10(13)14)18(15,16)9-5-3-8(17-2)4-6-9/h3-7H,1-2H3,(H,13,14)/b11-7+. The highest BCUT2D eigenvalue weighted by Crippen LogP contribution is 2.18. The van der Waals surface area contributed by atoms with E-state index < -0.39 is 16.0 Å². The van der Waals surface area contributed by atoms with E-state index in [1.807, 2.05) is 0 Å². The second kappa shape index (κ2) is 5.50. The van der Waals surface area contributed by atoms with Crippen molar-refractivity contribution >= 4 is 22.2 Å². The number of carboxylic acids is 1. The molecule has 0 aliphatic rings. The number of rotatable bonds is 5. The largest absolute Gasteiger partial charge is 0.497 e. The van der Waals surface area contributed by atoms with Gasteiger partial charge in [0, 0.05) is 7.05 Å². The van der Waals surface area contributed by atoms with Crippen LogP contribution in [-0.2, 0) is 14.8 Å². The smallest absolute Gasteiger partial charge is 0.348 e. The number of carboxylic acid groups (broad SMARTS) is 1. The van der Waals surface area contributed by atoms with Crippen LogP contribution in [0.5, 0.6) is 5.75 Å². The summed E-state index contributed by atoms with van der Waals surface area (Å²) in [6.45, 7) is 0. The van der Waals surface area contributed by atoms with E-state index >= 15 is 0 Å². The zero-order valence-corrected chi connectivity index (χ0v) is 10.6. The second-order valence-corrected chi connectivity index (χ2v) is 5.15. The monoisotopic (exact) mass is 272 g/mol. The quantitative estimate of drug-likeness (QED) is 0.617. The summed E-state index contributed by atoms with van der Waals surface area (Å²) in [5, 5.41) is 11.7. The normalized spacial score (nSPS) is 11.4. The van der Waals surface area contributed by atoms with Gasteiger partial charge in [0.15, 0.2) is 0 Å². The van der Waals surface area contributed by atoms with Crippen LogP contribution in [0.25, 0.3) is 0 Å². The average Bonchev–Trinajstić information content (AvgIpc) is 2.35. The zero-order valence-electron chi connectivity index (χ0n) is 9.77. The minimum atomic E-state index is -3.84. The Balaban J connectivity index is 3.01. The number of ether oxygens (including phenoxy) is 1. The van der Waals surface area contributed by atoms with Crippen molar-refractivity contribution in [3.05, 3.63) is 24.3 Å². The highest BCUT2D eigenvalue weighted by Gasteiger charge is 2.19. The van der Waals surface area contributed by atoms with Crippen LogP contribution in [0.3, 0.4) is 0 Å². The van der Waals surface area contributed by atoms with Crippen molar-refractivity contribution in [3.63, 3.8) is 0 Å². The molecule has 0 aliphatic carbocycles. The van der Waals surface area contributed by atoms with Gasteiger partial charge in [-0.3, -0.25) is 0 Å². The van der Waals surface area contributed by atoms with E-state index in [2.05, 4.69) is 5.10 Å². The number of hydrogen-bond acceptors (Lipinski definition) is 5. The molecule has 1 aromatic rings. The number of nitrogens with zero attached hydrogens (tertiary/aromatic N) is 2. The van der Waals surface area contributed by atoms with Gasteiger partial charge in [0.25, 0.3) is 10.0 Å². The topological polar surface area (TPSA) is 96.3 Å². The van der Waals surface area contributed by atoms with Gasteiger partial charge in [0.05, 0.1) is 12.0 Å². The fourth-order valence-electron chi connectivity index (χ4n) is 1.09. The summed E-state index contributed by atoms with van der Waals surface area (Å²) in [5.74, 6) is -0.808. The predicted octanol–water partition coefficient (Wildman–Crippen LogP) is 0.386. The van der Waals surface area contributed by atoms with Crippen molar-refractivity contribution < 1.29 is 23.1 Å². The third-order valence-corrected chi connectivity index (χ3v) is 3.69. The van der Waals surface area contributed by atoms with E-state index in [9.17, 15) is 13.2 Å². The number of benzene rings is 1. The SMILES string of the molecule is COc1ccc(S(=O)(=O)N(C)/N=C/C(=O)O)cc1. The van der Waals surface area contributed by atoms with E-state index in [0.717, 1.165) is 7.05 Å². The zero-order chi connectivity index (χ0) is 13.8. The summed E-state index contributed by atoms with van der Waals surface area (Å²) in [6, 6.07) is 5.67. The van der Waals surface area contributed by atoms with Crippen LogP contribution in [0, 0.1) is 0 Å². The first kappa shape index (κ1) is 14.0. The van der Waals surface area contributed by atoms with E-state index in [1.165, 1.54) is 31.4 Å². The summed E-state index contributed by atoms with van der Waals surface area (Å²) < 4.78 is 29.3. The first-order chi connectivity index (χ1) is 8.37. The Kier molecular flexibility index (Phi) is 4.27. The molecule has 18 heavy (non-hydrogen) atoms. The molecule has 0 atom stereocenters. The second-order valence-electron chi connectivity index (χ2n) is 3.20. The third-order valence-electron chi connectivity index (χ3n) is 2.04. The van der Waals surface area contributed by atoms with Crippen molar-refractivity contribution in [1.29, 1.82) is 0 Å². The van der Waals surface area contributed by atoms with Crippen LogP contribution in [0.1, 0.15) is 0 Å². The van der Waals surface area contributed by atoms with Gasteiger partial charge in [-0.1, -0.05) is 0 Å². The molecule has 0 bridgehead atoms. The summed E-state index contributed by atoms with van der Waals surface area (Å²) >= 11 is 0. The lowest BCUT2D eigenvalue weighted by Gasteiger charge is -2.13. The van der Waals surface area contributed by atoms with Crippen LogP contribution in [0.4, 0.5) is 0 Å². The lowest BCUT2D eigenvalue weighted by Crippen LogP contribution is -2.22. The Bertz CT molecular complexity index is 550. The minimum Gasteiger partial charge on any atom is -0.497 e. The molecule has 7 nitrogen and oxygen atoms in total. The average molecular weight is 272 g/mol. The summed E-state index contributed by atoms with van der Waals surface area (Å²) in [7, 11) is -1.23. The van der Waals surface area contributed by atoms with Gasteiger partial charge < -0.3 is 9.84 Å². The number of hydrogen-bond donors (Lipinski definition) is 1. The molecule has 0 unspecified atom stereocenters. The highest BCUT2D eigenvalue weighted by molar-refractivity contribution is 7.89. The van der Waals surface area contributed by atoms with Crippen molar-refractivity contribution in [2.45, 2.75) is 4.90 Å². The molecule has 0 saturated carbocycles. The van der Waals surface area contributed by atoms with Gasteiger partial charge in [0.1, 0.15) is 12.0 Å². The van der Waals surface area contributed by atoms with Gasteiger partial charge in [-0.05, 0) is 24.3 Å². The maximum atomic E-state index is 11.9. The van der Waals surface area contributed by atoms with Crippen molar-refractivity contribution in [2.24, 2.45) is 5.10 Å². The Hall–Kier alpha value is -2.09. The maximum absolute atomic E-state index is 11.9. The lowest BCUT2D eigenvalue weighted by atomic mass is 10.3. The summed E-state index contributed by atoms with van der Waals surface area (Å²) in [4.78, 5) is 10.3. The molecule has 0 fully saturated rings. The van der Waals surface area contributed by atoms with Crippen molar-refractivity contribution in [3.8, 4) is 5.75 Å². The molecule has 1 aromatic carbocycles. The maximum Gasteiger partial charge on any atom is 0.348 e.